The van der Waals surface area contributed by atoms with E-state index in [-0.39, 0.29) is 26.1 Å². The van der Waals surface area contributed by atoms with Gasteiger partial charge in [-0.15, -0.1) is 0 Å². The molecule has 1 aliphatic heterocycles. The van der Waals surface area contributed by atoms with Crippen LogP contribution in [0.25, 0.3) is 0 Å². The highest BCUT2D eigenvalue weighted by molar-refractivity contribution is 8.13. The lowest BCUT2D eigenvalue weighted by Gasteiger charge is -2.29. The fraction of sp³-hybridized carbons (Fsp3) is 0.333. The first-order valence-electron chi connectivity index (χ1n) is 6.01. The Morgan fingerprint density at radius 1 is 1.35 bits per heavy atom. The monoisotopic (exact) mass is 405 g/mol. The predicted molar refractivity (Wildman–Crippen MR) is 85.9 cm³/mol. The number of alkyl halides is 3. The molecule has 0 aromatic carbocycles. The molecule has 0 spiro atoms. The Balaban J connectivity index is 2.24. The molecule has 1 aliphatic rings. The normalized spacial score (nSPS) is 18.8. The van der Waals surface area contributed by atoms with Gasteiger partial charge in [-0.3, -0.25) is 0 Å². The molecule has 0 saturated heterocycles. The molecule has 2 heterocycles. The van der Waals surface area contributed by atoms with Crippen molar-refractivity contribution >= 4 is 51.7 Å². The molecule has 0 fully saturated rings. The van der Waals surface area contributed by atoms with Gasteiger partial charge in [0.25, 0.3) is 0 Å². The van der Waals surface area contributed by atoms with E-state index in [0.717, 1.165) is 11.8 Å². The first-order valence-corrected chi connectivity index (χ1v) is 8.13. The molecule has 0 radical (unpaired) electrons. The SMILES string of the molecule is CN1C(SCc2c(Cl)cnc(Cl)c2Cl)=NC(C(F)(F)F)=CC1O. The lowest BCUT2D eigenvalue weighted by Crippen LogP contribution is -2.38. The number of aromatic nitrogens is 1. The molecule has 1 aromatic heterocycles. The predicted octanol–water partition coefficient (Wildman–Crippen LogP) is 4.34. The van der Waals surface area contributed by atoms with Crippen molar-refractivity contribution in [1.29, 1.82) is 0 Å². The summed E-state index contributed by atoms with van der Waals surface area (Å²) in [6.45, 7) is 0. The quantitative estimate of drug-likeness (QED) is 0.742. The number of rotatable bonds is 2. The Kier molecular flexibility index (Phi) is 5.73. The number of likely N-dealkylation sites (N-methyl/N-ethyl adjacent to an activating group) is 1. The van der Waals surface area contributed by atoms with Crippen LogP contribution in [0.4, 0.5) is 13.2 Å². The number of amidine groups is 1. The van der Waals surface area contributed by atoms with Gasteiger partial charge in [-0.2, -0.15) is 13.2 Å². The van der Waals surface area contributed by atoms with Crippen molar-refractivity contribution in [2.24, 2.45) is 4.99 Å². The third-order valence-electron chi connectivity index (χ3n) is 2.88. The van der Waals surface area contributed by atoms with Crippen molar-refractivity contribution < 1.29 is 18.3 Å². The van der Waals surface area contributed by atoms with Crippen molar-refractivity contribution in [2.75, 3.05) is 7.05 Å². The van der Waals surface area contributed by atoms with Gasteiger partial charge in [-0.1, -0.05) is 46.6 Å². The van der Waals surface area contributed by atoms with Crippen LogP contribution in [0.1, 0.15) is 5.56 Å². The molecule has 0 bridgehead atoms. The van der Waals surface area contributed by atoms with Crippen LogP contribution in [0.5, 0.6) is 0 Å². The zero-order chi connectivity index (χ0) is 17.4. The smallest absolute Gasteiger partial charge is 0.370 e. The number of thioether (sulfide) groups is 1. The van der Waals surface area contributed by atoms with E-state index in [1.165, 1.54) is 18.1 Å². The van der Waals surface area contributed by atoms with Crippen LogP contribution in [0.3, 0.4) is 0 Å². The number of nitrogens with zero attached hydrogens (tertiary/aromatic N) is 3. The highest BCUT2D eigenvalue weighted by Gasteiger charge is 2.38. The Bertz CT molecular complexity index is 681. The Morgan fingerprint density at radius 3 is 2.61 bits per heavy atom. The standard InChI is InChI=1S/C12H9Cl3F3N3OS/c1-21-8(22)2-7(12(16,17)18)20-11(21)23-4-5-6(13)3-19-10(15)9(5)14/h2-3,8,22H,4H2,1H3. The molecule has 1 atom stereocenters. The van der Waals surface area contributed by atoms with Crippen LogP contribution >= 0.6 is 46.6 Å². The van der Waals surface area contributed by atoms with E-state index in [4.69, 9.17) is 34.8 Å². The molecule has 11 heteroatoms. The van der Waals surface area contributed by atoms with E-state index in [1.807, 2.05) is 0 Å². The molecular weight excluding hydrogens is 398 g/mol. The number of pyridine rings is 1. The first kappa shape index (κ1) is 18.7. The van der Waals surface area contributed by atoms with E-state index in [2.05, 4.69) is 9.98 Å². The largest absolute Gasteiger partial charge is 0.433 e. The van der Waals surface area contributed by atoms with E-state index in [9.17, 15) is 18.3 Å². The summed E-state index contributed by atoms with van der Waals surface area (Å²) in [6, 6.07) is 0. The van der Waals surface area contributed by atoms with Gasteiger partial charge in [0, 0.05) is 24.6 Å². The lowest BCUT2D eigenvalue weighted by atomic mass is 10.3. The molecule has 0 saturated carbocycles. The minimum atomic E-state index is -4.65. The maximum atomic E-state index is 12.8. The van der Waals surface area contributed by atoms with E-state index in [0.29, 0.717) is 11.6 Å². The average Bonchev–Trinajstić information content (AvgIpc) is 2.46. The van der Waals surface area contributed by atoms with Crippen molar-refractivity contribution in [2.45, 2.75) is 18.2 Å². The van der Waals surface area contributed by atoms with Crippen molar-refractivity contribution in [3.8, 4) is 0 Å². The summed E-state index contributed by atoms with van der Waals surface area (Å²) in [5.74, 6) is 0.112. The molecule has 1 unspecified atom stereocenters. The van der Waals surface area contributed by atoms with Crippen LogP contribution in [0.2, 0.25) is 15.2 Å². The summed E-state index contributed by atoms with van der Waals surface area (Å²) >= 11 is 18.7. The van der Waals surface area contributed by atoms with Gasteiger partial charge in [0.05, 0.1) is 10.0 Å². The molecular formula is C12H9Cl3F3N3OS. The summed E-state index contributed by atoms with van der Waals surface area (Å²) < 4.78 is 38.3. The van der Waals surface area contributed by atoms with Gasteiger partial charge in [0.1, 0.15) is 17.1 Å². The second kappa shape index (κ2) is 7.06. The van der Waals surface area contributed by atoms with Crippen LogP contribution in [-0.4, -0.2) is 39.6 Å². The average molecular weight is 407 g/mol. The number of aliphatic hydroxyl groups is 1. The number of allylic oxidation sites excluding steroid dienone is 1. The molecule has 4 nitrogen and oxygen atoms in total. The number of aliphatic imine (C=N–C) groups is 1. The molecule has 0 aliphatic carbocycles. The van der Waals surface area contributed by atoms with Gasteiger partial charge in [0.2, 0.25) is 0 Å². The van der Waals surface area contributed by atoms with Crippen LogP contribution in [0.15, 0.2) is 23.0 Å². The van der Waals surface area contributed by atoms with Crippen molar-refractivity contribution in [1.82, 2.24) is 9.88 Å². The highest BCUT2D eigenvalue weighted by atomic mass is 35.5. The van der Waals surface area contributed by atoms with E-state index >= 15 is 0 Å². The summed E-state index contributed by atoms with van der Waals surface area (Å²) in [6.07, 6.45) is -4.15. The maximum Gasteiger partial charge on any atom is 0.433 e. The summed E-state index contributed by atoms with van der Waals surface area (Å²) in [5, 5.41) is 10.1. The number of aliphatic hydroxyl groups excluding tert-OH is 1. The molecule has 23 heavy (non-hydrogen) atoms. The van der Waals surface area contributed by atoms with Crippen LogP contribution in [-0.2, 0) is 5.75 Å². The van der Waals surface area contributed by atoms with Gasteiger partial charge in [-0.05, 0) is 6.08 Å². The Morgan fingerprint density at radius 2 is 2.00 bits per heavy atom. The topological polar surface area (TPSA) is 48.7 Å². The van der Waals surface area contributed by atoms with Gasteiger partial charge < -0.3 is 10.0 Å². The fourth-order valence-electron chi connectivity index (χ4n) is 1.62. The summed E-state index contributed by atoms with van der Waals surface area (Å²) in [5.41, 5.74) is -0.734. The van der Waals surface area contributed by atoms with Gasteiger partial charge in [-0.25, -0.2) is 9.98 Å². The lowest BCUT2D eigenvalue weighted by molar-refractivity contribution is -0.0946. The second-order valence-corrected chi connectivity index (χ2v) is 6.53. The minimum absolute atomic E-state index is 0.0209. The zero-order valence-corrected chi connectivity index (χ0v) is 14.5. The van der Waals surface area contributed by atoms with Crippen molar-refractivity contribution in [3.63, 3.8) is 0 Å². The molecule has 126 valence electrons. The zero-order valence-electron chi connectivity index (χ0n) is 11.4. The number of halogens is 6. The Hall–Kier alpha value is -0.670. The molecule has 0 amide bonds. The van der Waals surface area contributed by atoms with E-state index in [1.54, 1.807) is 0 Å². The Labute approximate surface area is 148 Å². The molecule has 1 N–H and O–H groups in total. The number of hydrogen-bond acceptors (Lipinski definition) is 5. The van der Waals surface area contributed by atoms with E-state index < -0.39 is 18.1 Å². The van der Waals surface area contributed by atoms with Gasteiger partial charge >= 0.3 is 6.18 Å². The molecule has 1 aromatic rings. The summed E-state index contributed by atoms with van der Waals surface area (Å²) in [7, 11) is 1.42. The van der Waals surface area contributed by atoms with Crippen LogP contribution in [0, 0.1) is 0 Å². The fourth-order valence-corrected chi connectivity index (χ4v) is 3.47. The number of hydrogen-bond donors (Lipinski definition) is 1. The minimum Gasteiger partial charge on any atom is -0.370 e. The first-order chi connectivity index (χ1) is 10.6. The highest BCUT2D eigenvalue weighted by Crippen LogP contribution is 2.35. The molecule has 2 rings (SSSR count). The third-order valence-corrected chi connectivity index (χ3v) is 5.07. The maximum absolute atomic E-state index is 12.8. The summed E-state index contributed by atoms with van der Waals surface area (Å²) in [4.78, 5) is 8.49. The third kappa shape index (κ3) is 4.24. The van der Waals surface area contributed by atoms with Gasteiger partial charge in [0.15, 0.2) is 5.17 Å². The second-order valence-electron chi connectivity index (χ2n) is 4.45. The van der Waals surface area contributed by atoms with Crippen molar-refractivity contribution in [3.05, 3.63) is 38.7 Å². The van der Waals surface area contributed by atoms with Crippen LogP contribution < -0.4 is 0 Å².